The maximum Gasteiger partial charge on any atom is 0.0946 e. The minimum absolute atomic E-state index is 0.417. The Morgan fingerprint density at radius 3 is 2.70 bits per heavy atom. The van der Waals surface area contributed by atoms with Gasteiger partial charge in [0.15, 0.2) is 0 Å². The average Bonchev–Trinajstić information content (AvgIpc) is 2.03. The molecule has 0 bridgehead atoms. The van der Waals surface area contributed by atoms with Gasteiger partial charge in [0, 0.05) is 32.7 Å². The fourth-order valence-electron chi connectivity index (χ4n) is 1.10. The van der Waals surface area contributed by atoms with Gasteiger partial charge in [0.1, 0.15) is 0 Å². The van der Waals surface area contributed by atoms with Crippen LogP contribution < -0.4 is 5.32 Å². The van der Waals surface area contributed by atoms with Crippen LogP contribution in [0.25, 0.3) is 0 Å². The minimum Gasteiger partial charge on any atom is -0.314 e. The number of rotatable bonds is 3. The first-order valence-corrected chi connectivity index (χ1v) is 3.63. The van der Waals surface area contributed by atoms with E-state index >= 15 is 0 Å². The van der Waals surface area contributed by atoms with Crippen molar-refractivity contribution in [2.75, 3.05) is 39.3 Å². The van der Waals surface area contributed by atoms with E-state index in [2.05, 4.69) is 15.1 Å². The van der Waals surface area contributed by atoms with E-state index in [0.717, 1.165) is 32.7 Å². The average molecular weight is 146 g/mol. The molecule has 1 aliphatic rings. The zero-order valence-electron chi connectivity index (χ0n) is 6.05. The lowest BCUT2D eigenvalue weighted by atomic mass is 10.4. The molecule has 60 valence electrons. The van der Waals surface area contributed by atoms with E-state index in [1.54, 1.807) is 0 Å². The van der Waals surface area contributed by atoms with Crippen molar-refractivity contribution in [3.63, 3.8) is 0 Å². The molecule has 4 nitrogen and oxygen atoms in total. The third-order valence-electron chi connectivity index (χ3n) is 1.71. The lowest BCUT2D eigenvalue weighted by molar-refractivity contribution is -0.244. The van der Waals surface area contributed by atoms with E-state index in [1.165, 1.54) is 0 Å². The molecule has 0 aromatic rings. The quantitative estimate of drug-likeness (QED) is 0.411. The van der Waals surface area contributed by atoms with Gasteiger partial charge in [-0.3, -0.25) is 10.2 Å². The lowest BCUT2D eigenvalue weighted by Crippen LogP contribution is -2.44. The van der Waals surface area contributed by atoms with Gasteiger partial charge in [-0.05, 0) is 0 Å². The van der Waals surface area contributed by atoms with Crippen molar-refractivity contribution >= 4 is 0 Å². The Morgan fingerprint density at radius 2 is 2.10 bits per heavy atom. The summed E-state index contributed by atoms with van der Waals surface area (Å²) in [6, 6.07) is 0. The maximum absolute atomic E-state index is 8.05. The first-order chi connectivity index (χ1) is 4.93. The van der Waals surface area contributed by atoms with Crippen molar-refractivity contribution in [2.24, 2.45) is 0 Å². The maximum atomic E-state index is 8.05. The van der Waals surface area contributed by atoms with Gasteiger partial charge < -0.3 is 5.32 Å². The van der Waals surface area contributed by atoms with Gasteiger partial charge in [-0.25, -0.2) is 4.89 Å². The van der Waals surface area contributed by atoms with Crippen molar-refractivity contribution in [1.29, 1.82) is 0 Å². The predicted molar refractivity (Wildman–Crippen MR) is 37.9 cm³/mol. The van der Waals surface area contributed by atoms with Crippen LogP contribution in [0.4, 0.5) is 0 Å². The van der Waals surface area contributed by atoms with Crippen LogP contribution in [0.5, 0.6) is 0 Å². The van der Waals surface area contributed by atoms with Crippen LogP contribution in [0.2, 0.25) is 0 Å². The van der Waals surface area contributed by atoms with Crippen molar-refractivity contribution in [3.05, 3.63) is 0 Å². The van der Waals surface area contributed by atoms with Gasteiger partial charge in [-0.2, -0.15) is 0 Å². The highest BCUT2D eigenvalue weighted by molar-refractivity contribution is 4.66. The molecule has 1 aliphatic heterocycles. The Kier molecular flexibility index (Phi) is 3.67. The standard InChI is InChI=1S/C6H14N2O2/c9-10-6-5-8-3-1-7-2-4-8/h7,9H,1-6H2. The predicted octanol–water partition coefficient (Wildman–Crippen LogP) is -0.619. The molecule has 0 spiro atoms. The molecular formula is C6H14N2O2. The number of nitrogens with zero attached hydrogens (tertiary/aromatic N) is 1. The smallest absolute Gasteiger partial charge is 0.0946 e. The first kappa shape index (κ1) is 7.94. The normalized spacial score (nSPS) is 21.3. The van der Waals surface area contributed by atoms with Crippen LogP contribution in [0, 0.1) is 0 Å². The SMILES string of the molecule is OOCCN1CCNCC1. The van der Waals surface area contributed by atoms with Gasteiger partial charge >= 0.3 is 0 Å². The molecule has 1 rings (SSSR count). The van der Waals surface area contributed by atoms with Crippen LogP contribution in [0.3, 0.4) is 0 Å². The van der Waals surface area contributed by atoms with E-state index < -0.39 is 0 Å². The summed E-state index contributed by atoms with van der Waals surface area (Å²) in [7, 11) is 0. The molecule has 1 saturated heterocycles. The number of nitrogens with one attached hydrogen (secondary N) is 1. The van der Waals surface area contributed by atoms with Crippen LogP contribution in [-0.4, -0.2) is 49.5 Å². The Labute approximate surface area is 60.7 Å². The van der Waals surface area contributed by atoms with Crippen molar-refractivity contribution in [1.82, 2.24) is 10.2 Å². The summed E-state index contributed by atoms with van der Waals surface area (Å²) in [6.07, 6.45) is 0. The summed E-state index contributed by atoms with van der Waals surface area (Å²) in [5, 5.41) is 11.3. The first-order valence-electron chi connectivity index (χ1n) is 3.63. The van der Waals surface area contributed by atoms with Gasteiger partial charge in [-0.15, -0.1) is 0 Å². The molecule has 2 N–H and O–H groups in total. The summed E-state index contributed by atoms with van der Waals surface area (Å²) in [6.45, 7) is 5.46. The second-order valence-electron chi connectivity index (χ2n) is 2.42. The topological polar surface area (TPSA) is 44.7 Å². The molecule has 0 atom stereocenters. The highest BCUT2D eigenvalue weighted by atomic mass is 17.1. The highest BCUT2D eigenvalue weighted by Crippen LogP contribution is 1.90. The molecule has 0 unspecified atom stereocenters. The lowest BCUT2D eigenvalue weighted by Gasteiger charge is -2.26. The molecule has 1 heterocycles. The fraction of sp³-hybridized carbons (Fsp3) is 1.00. The van der Waals surface area contributed by atoms with Crippen LogP contribution in [0.15, 0.2) is 0 Å². The zero-order valence-corrected chi connectivity index (χ0v) is 6.05. The summed E-state index contributed by atoms with van der Waals surface area (Å²) in [5.74, 6) is 0. The van der Waals surface area contributed by atoms with Gasteiger partial charge in [0.05, 0.1) is 6.61 Å². The molecule has 0 aliphatic carbocycles. The van der Waals surface area contributed by atoms with Crippen molar-refractivity contribution in [3.8, 4) is 0 Å². The van der Waals surface area contributed by atoms with E-state index in [4.69, 9.17) is 5.26 Å². The van der Waals surface area contributed by atoms with E-state index in [1.807, 2.05) is 0 Å². The third kappa shape index (κ3) is 2.62. The molecule has 10 heavy (non-hydrogen) atoms. The second kappa shape index (κ2) is 4.62. The minimum atomic E-state index is 0.417. The van der Waals surface area contributed by atoms with Crippen molar-refractivity contribution in [2.45, 2.75) is 0 Å². The fourth-order valence-corrected chi connectivity index (χ4v) is 1.10. The summed E-state index contributed by atoms with van der Waals surface area (Å²) in [4.78, 5) is 6.24. The Hall–Kier alpha value is -0.160. The van der Waals surface area contributed by atoms with Crippen LogP contribution in [-0.2, 0) is 4.89 Å². The largest absolute Gasteiger partial charge is 0.314 e. The van der Waals surface area contributed by atoms with Gasteiger partial charge in [-0.1, -0.05) is 0 Å². The molecule has 0 radical (unpaired) electrons. The number of hydrogen-bond acceptors (Lipinski definition) is 4. The summed E-state index contributed by atoms with van der Waals surface area (Å²) >= 11 is 0. The zero-order chi connectivity index (χ0) is 7.23. The third-order valence-corrected chi connectivity index (χ3v) is 1.71. The van der Waals surface area contributed by atoms with Crippen molar-refractivity contribution < 1.29 is 10.1 Å². The van der Waals surface area contributed by atoms with Crippen LogP contribution in [0.1, 0.15) is 0 Å². The molecule has 4 heteroatoms. The monoisotopic (exact) mass is 146 g/mol. The van der Waals surface area contributed by atoms with E-state index in [-0.39, 0.29) is 0 Å². The molecular weight excluding hydrogens is 132 g/mol. The number of piperazine rings is 1. The summed E-state index contributed by atoms with van der Waals surface area (Å²) in [5.41, 5.74) is 0. The Balaban J connectivity index is 2.02. The van der Waals surface area contributed by atoms with Gasteiger partial charge in [0.2, 0.25) is 0 Å². The Bertz CT molecular complexity index is 83.8. The molecule has 1 fully saturated rings. The van der Waals surface area contributed by atoms with Crippen LogP contribution >= 0.6 is 0 Å². The molecule has 0 aromatic carbocycles. The Morgan fingerprint density at radius 1 is 1.40 bits per heavy atom. The van der Waals surface area contributed by atoms with E-state index in [0.29, 0.717) is 6.61 Å². The van der Waals surface area contributed by atoms with Gasteiger partial charge in [0.25, 0.3) is 0 Å². The number of hydrogen-bond donors (Lipinski definition) is 2. The molecule has 0 amide bonds. The highest BCUT2D eigenvalue weighted by Gasteiger charge is 2.07. The summed E-state index contributed by atoms with van der Waals surface area (Å²) < 4.78 is 0. The second-order valence-corrected chi connectivity index (χ2v) is 2.42. The molecule has 0 saturated carbocycles. The molecule has 0 aromatic heterocycles. The van der Waals surface area contributed by atoms with E-state index in [9.17, 15) is 0 Å².